The number of hydrogen-bond acceptors (Lipinski definition) is 5. The molecule has 166 valence electrons. The molecule has 2 aliphatic rings. The minimum atomic E-state index is 0.197. The number of H-pyrrole nitrogens is 1. The van der Waals surface area contributed by atoms with Crippen molar-refractivity contribution in [1.82, 2.24) is 10.2 Å². The Morgan fingerprint density at radius 3 is 2.56 bits per heavy atom. The molecule has 6 nitrogen and oxygen atoms in total. The third-order valence-electron chi connectivity index (χ3n) is 6.16. The predicted octanol–water partition coefficient (Wildman–Crippen LogP) is 4.87. The van der Waals surface area contributed by atoms with Crippen LogP contribution in [-0.4, -0.2) is 41.7 Å². The number of hydrogen-bond donors (Lipinski definition) is 1. The molecule has 2 aromatic carbocycles. The summed E-state index contributed by atoms with van der Waals surface area (Å²) in [5.41, 5.74) is 4.43. The molecular weight excluding hydrogens is 400 g/mol. The van der Waals surface area contributed by atoms with Crippen LogP contribution in [0.3, 0.4) is 0 Å². The van der Waals surface area contributed by atoms with Gasteiger partial charge in [0, 0.05) is 36.1 Å². The maximum absolute atomic E-state index is 6.26. The summed E-state index contributed by atoms with van der Waals surface area (Å²) in [6, 6.07) is 16.7. The first-order valence-corrected chi connectivity index (χ1v) is 11.5. The van der Waals surface area contributed by atoms with Crippen LogP contribution in [0.25, 0.3) is 0 Å². The molecule has 2 heterocycles. The molecule has 0 spiro atoms. The van der Waals surface area contributed by atoms with Gasteiger partial charge in [-0.2, -0.15) is 5.10 Å². The zero-order valence-corrected chi connectivity index (χ0v) is 18.5. The van der Waals surface area contributed by atoms with E-state index in [1.165, 1.54) is 18.5 Å². The van der Waals surface area contributed by atoms with E-state index in [0.29, 0.717) is 6.54 Å². The number of aromatic nitrogens is 2. The monoisotopic (exact) mass is 430 g/mol. The van der Waals surface area contributed by atoms with E-state index in [4.69, 9.17) is 9.47 Å². The number of anilines is 1. The highest BCUT2D eigenvalue weighted by Gasteiger charge is 2.25. The molecule has 0 bridgehead atoms. The molecule has 1 aromatic heterocycles. The van der Waals surface area contributed by atoms with Crippen molar-refractivity contribution in [2.24, 2.45) is 10.9 Å². The second-order valence-corrected chi connectivity index (χ2v) is 8.76. The fraction of sp³-hybridized carbons (Fsp3) is 0.385. The highest BCUT2D eigenvalue weighted by molar-refractivity contribution is 5.98. The van der Waals surface area contributed by atoms with Crippen molar-refractivity contribution in [3.63, 3.8) is 0 Å². The van der Waals surface area contributed by atoms with E-state index >= 15 is 0 Å². The topological polar surface area (TPSA) is 62.7 Å². The third-order valence-corrected chi connectivity index (χ3v) is 6.16. The Morgan fingerprint density at radius 1 is 1.06 bits per heavy atom. The van der Waals surface area contributed by atoms with Crippen molar-refractivity contribution >= 4 is 11.4 Å². The minimum absolute atomic E-state index is 0.197. The molecule has 32 heavy (non-hydrogen) atoms. The Balaban J connectivity index is 1.12. The summed E-state index contributed by atoms with van der Waals surface area (Å²) in [5.74, 6) is 2.65. The molecule has 1 unspecified atom stereocenters. The van der Waals surface area contributed by atoms with Crippen molar-refractivity contribution in [3.05, 3.63) is 72.1 Å². The number of nitrogens with zero attached hydrogens (tertiary/aromatic N) is 3. The number of benzene rings is 2. The van der Waals surface area contributed by atoms with Crippen molar-refractivity contribution in [2.45, 2.75) is 38.8 Å². The lowest BCUT2D eigenvalue weighted by Crippen LogP contribution is -2.24. The van der Waals surface area contributed by atoms with Crippen LogP contribution in [0.4, 0.5) is 5.69 Å². The summed E-state index contributed by atoms with van der Waals surface area (Å²) >= 11 is 0. The Morgan fingerprint density at radius 2 is 1.84 bits per heavy atom. The van der Waals surface area contributed by atoms with Gasteiger partial charge in [-0.15, -0.1) is 0 Å². The number of aromatic amines is 1. The van der Waals surface area contributed by atoms with E-state index < -0.39 is 0 Å². The molecule has 2 fully saturated rings. The first-order chi connectivity index (χ1) is 15.7. The molecule has 1 aliphatic carbocycles. The second kappa shape index (κ2) is 9.47. The lowest BCUT2D eigenvalue weighted by molar-refractivity contribution is 0.225. The molecule has 0 radical (unpaired) electrons. The number of ether oxygens (including phenoxy) is 2. The van der Waals surface area contributed by atoms with Crippen molar-refractivity contribution in [2.75, 3.05) is 24.6 Å². The largest absolute Gasteiger partial charge is 0.493 e. The van der Waals surface area contributed by atoms with E-state index in [1.807, 2.05) is 25.3 Å². The van der Waals surface area contributed by atoms with Gasteiger partial charge in [-0.25, -0.2) is 0 Å². The van der Waals surface area contributed by atoms with Crippen LogP contribution in [-0.2, 0) is 6.54 Å². The van der Waals surface area contributed by atoms with Crippen LogP contribution in [0.2, 0.25) is 0 Å². The summed E-state index contributed by atoms with van der Waals surface area (Å²) in [6.45, 7) is 5.42. The molecule has 6 heteroatoms. The van der Waals surface area contributed by atoms with Gasteiger partial charge in [0.05, 0.1) is 25.9 Å². The zero-order valence-electron chi connectivity index (χ0n) is 18.5. The first-order valence-electron chi connectivity index (χ1n) is 11.5. The molecule has 1 saturated carbocycles. The minimum Gasteiger partial charge on any atom is -0.493 e. The first kappa shape index (κ1) is 20.6. The lowest BCUT2D eigenvalue weighted by Gasteiger charge is -2.19. The molecule has 5 rings (SSSR count). The van der Waals surface area contributed by atoms with Crippen LogP contribution in [0, 0.1) is 5.92 Å². The predicted molar refractivity (Wildman–Crippen MR) is 127 cm³/mol. The van der Waals surface area contributed by atoms with Gasteiger partial charge in [-0.1, -0.05) is 0 Å². The number of aliphatic imine (C=N–C) groups is 1. The maximum Gasteiger partial charge on any atom is 0.119 e. The van der Waals surface area contributed by atoms with E-state index in [1.54, 1.807) is 6.20 Å². The van der Waals surface area contributed by atoms with Gasteiger partial charge in [0.1, 0.15) is 17.6 Å². The Kier molecular flexibility index (Phi) is 6.10. The third kappa shape index (κ3) is 5.31. The second-order valence-electron chi connectivity index (χ2n) is 8.76. The molecule has 1 saturated heterocycles. The van der Waals surface area contributed by atoms with Crippen molar-refractivity contribution < 1.29 is 9.47 Å². The van der Waals surface area contributed by atoms with Crippen molar-refractivity contribution in [3.8, 4) is 11.5 Å². The molecule has 1 aliphatic heterocycles. The summed E-state index contributed by atoms with van der Waals surface area (Å²) < 4.78 is 12.1. The summed E-state index contributed by atoms with van der Waals surface area (Å²) in [7, 11) is 0. The maximum atomic E-state index is 6.26. The summed E-state index contributed by atoms with van der Waals surface area (Å²) in [5, 5.41) is 6.77. The SMILES string of the molecule is CC(=NCc1cn[nH]c1)c1ccc(OC2CCN(c3ccc(OCC4CC4)cc3)C2)cc1. The summed E-state index contributed by atoms with van der Waals surface area (Å²) in [6.07, 6.45) is 7.52. The van der Waals surface area contributed by atoms with Gasteiger partial charge in [0.25, 0.3) is 0 Å². The van der Waals surface area contributed by atoms with E-state index in [9.17, 15) is 0 Å². The Labute approximate surface area is 189 Å². The molecule has 1 atom stereocenters. The average Bonchev–Trinajstić information content (AvgIpc) is 3.29. The van der Waals surface area contributed by atoms with Gasteiger partial charge >= 0.3 is 0 Å². The fourth-order valence-corrected chi connectivity index (χ4v) is 3.94. The molecular formula is C26H30N4O2. The highest BCUT2D eigenvalue weighted by atomic mass is 16.5. The highest BCUT2D eigenvalue weighted by Crippen LogP contribution is 2.30. The smallest absolute Gasteiger partial charge is 0.119 e. The number of nitrogens with one attached hydrogen (secondary N) is 1. The van der Waals surface area contributed by atoms with Gasteiger partial charge < -0.3 is 14.4 Å². The van der Waals surface area contributed by atoms with Gasteiger partial charge in [0.15, 0.2) is 0 Å². The Hall–Kier alpha value is -3.28. The standard InChI is InChI=1S/C26H30N4O2/c1-19(27-14-21-15-28-29-16-21)22-4-8-25(9-5-22)32-26-12-13-30(17-26)23-6-10-24(11-7-23)31-18-20-2-3-20/h4-11,15-16,20,26H,2-3,12-14,17-18H2,1H3,(H,28,29). The summed E-state index contributed by atoms with van der Waals surface area (Å²) in [4.78, 5) is 7.03. The van der Waals surface area contributed by atoms with Gasteiger partial charge in [-0.3, -0.25) is 10.1 Å². The van der Waals surface area contributed by atoms with Crippen LogP contribution >= 0.6 is 0 Å². The van der Waals surface area contributed by atoms with Crippen molar-refractivity contribution in [1.29, 1.82) is 0 Å². The van der Waals surface area contributed by atoms with Crippen LogP contribution < -0.4 is 14.4 Å². The van der Waals surface area contributed by atoms with Gasteiger partial charge in [-0.05, 0) is 79.8 Å². The van der Waals surface area contributed by atoms with Crippen LogP contribution in [0.1, 0.15) is 37.3 Å². The quantitative estimate of drug-likeness (QED) is 0.492. The average molecular weight is 431 g/mol. The fourth-order valence-electron chi connectivity index (χ4n) is 3.94. The van der Waals surface area contributed by atoms with Gasteiger partial charge in [0.2, 0.25) is 0 Å². The zero-order chi connectivity index (χ0) is 21.8. The van der Waals surface area contributed by atoms with E-state index in [2.05, 4.69) is 56.5 Å². The van der Waals surface area contributed by atoms with Crippen LogP contribution in [0.5, 0.6) is 11.5 Å². The van der Waals surface area contributed by atoms with Crippen LogP contribution in [0.15, 0.2) is 65.9 Å². The van der Waals surface area contributed by atoms with E-state index in [-0.39, 0.29) is 6.10 Å². The molecule has 1 N–H and O–H groups in total. The lowest BCUT2D eigenvalue weighted by atomic mass is 10.1. The van der Waals surface area contributed by atoms with E-state index in [0.717, 1.165) is 60.4 Å². The Bertz CT molecular complexity index is 1020. The molecule has 3 aromatic rings. The number of rotatable bonds is 9. The normalized spacial score (nSPS) is 18.7. The molecule has 0 amide bonds.